The Morgan fingerprint density at radius 2 is 2.46 bits per heavy atom. The molecule has 1 rings (SSSR count). The van der Waals surface area contributed by atoms with E-state index in [2.05, 4.69) is 9.72 Å². The number of esters is 1. The molecule has 0 saturated carbocycles. The number of ether oxygens (including phenoxy) is 1. The van der Waals surface area contributed by atoms with E-state index < -0.39 is 5.97 Å². The number of nitrogens with zero attached hydrogens (tertiary/aromatic N) is 1. The van der Waals surface area contributed by atoms with Crippen LogP contribution in [0.25, 0.3) is 6.08 Å². The van der Waals surface area contributed by atoms with E-state index in [-0.39, 0.29) is 0 Å². The van der Waals surface area contributed by atoms with E-state index in [1.165, 1.54) is 13.2 Å². The molecule has 0 aromatic carbocycles. The molecule has 0 radical (unpaired) electrons. The van der Waals surface area contributed by atoms with Gasteiger partial charge in [-0.15, -0.1) is 0 Å². The van der Waals surface area contributed by atoms with Crippen LogP contribution in [0.1, 0.15) is 5.56 Å². The predicted molar refractivity (Wildman–Crippen MR) is 49.7 cm³/mol. The van der Waals surface area contributed by atoms with Gasteiger partial charge >= 0.3 is 5.97 Å². The van der Waals surface area contributed by atoms with Crippen LogP contribution in [-0.4, -0.2) is 18.1 Å². The molecule has 4 heteroatoms. The molecule has 0 bridgehead atoms. The predicted octanol–water partition coefficient (Wildman–Crippen LogP) is 0.850. The van der Waals surface area contributed by atoms with Crippen LogP contribution in [0.3, 0.4) is 0 Å². The van der Waals surface area contributed by atoms with Crippen LogP contribution in [0.5, 0.6) is 0 Å². The van der Waals surface area contributed by atoms with Crippen molar-refractivity contribution in [3.05, 3.63) is 30.1 Å². The van der Waals surface area contributed by atoms with Crippen LogP contribution >= 0.6 is 0 Å². The SMILES string of the molecule is COC(=O)/C=C/c1cnccc1N. The average molecular weight is 178 g/mol. The van der Waals surface area contributed by atoms with Crippen LogP contribution in [0.2, 0.25) is 0 Å². The van der Waals surface area contributed by atoms with Crippen LogP contribution in [0, 0.1) is 0 Å². The molecule has 0 saturated heterocycles. The van der Waals surface area contributed by atoms with Crippen LogP contribution < -0.4 is 5.73 Å². The average Bonchev–Trinajstić information content (AvgIpc) is 2.16. The lowest BCUT2D eigenvalue weighted by Crippen LogP contribution is -1.94. The van der Waals surface area contributed by atoms with Crippen molar-refractivity contribution in [2.75, 3.05) is 12.8 Å². The number of rotatable bonds is 2. The van der Waals surface area contributed by atoms with Crippen molar-refractivity contribution in [3.8, 4) is 0 Å². The van der Waals surface area contributed by atoms with Crippen molar-refractivity contribution < 1.29 is 9.53 Å². The van der Waals surface area contributed by atoms with Gasteiger partial charge in [0.1, 0.15) is 0 Å². The second kappa shape index (κ2) is 4.25. The summed E-state index contributed by atoms with van der Waals surface area (Å²) in [6, 6.07) is 1.66. The van der Waals surface area contributed by atoms with Gasteiger partial charge < -0.3 is 10.5 Å². The summed E-state index contributed by atoms with van der Waals surface area (Å²) >= 11 is 0. The topological polar surface area (TPSA) is 65.2 Å². The van der Waals surface area contributed by atoms with Gasteiger partial charge in [-0.2, -0.15) is 0 Å². The summed E-state index contributed by atoms with van der Waals surface area (Å²) in [4.78, 5) is 14.6. The number of nitrogen functional groups attached to an aromatic ring is 1. The maximum atomic E-state index is 10.7. The monoisotopic (exact) mass is 178 g/mol. The van der Waals surface area contributed by atoms with E-state index in [4.69, 9.17) is 5.73 Å². The van der Waals surface area contributed by atoms with Crippen molar-refractivity contribution in [2.45, 2.75) is 0 Å². The van der Waals surface area contributed by atoms with E-state index in [0.717, 1.165) is 0 Å². The zero-order valence-corrected chi connectivity index (χ0v) is 7.23. The van der Waals surface area contributed by atoms with Crippen molar-refractivity contribution in [1.29, 1.82) is 0 Å². The number of pyridine rings is 1. The smallest absolute Gasteiger partial charge is 0.330 e. The lowest BCUT2D eigenvalue weighted by Gasteiger charge is -1.96. The summed E-state index contributed by atoms with van der Waals surface area (Å²) in [6.07, 6.45) is 6.03. The fraction of sp³-hybridized carbons (Fsp3) is 0.111. The minimum atomic E-state index is -0.414. The molecule has 4 nitrogen and oxygen atoms in total. The molecule has 0 amide bonds. The molecular formula is C9H10N2O2. The second-order valence-corrected chi connectivity index (χ2v) is 2.36. The fourth-order valence-electron chi connectivity index (χ4n) is 0.783. The van der Waals surface area contributed by atoms with Crippen LogP contribution in [-0.2, 0) is 9.53 Å². The first-order chi connectivity index (χ1) is 6.24. The molecule has 1 aromatic rings. The zero-order chi connectivity index (χ0) is 9.68. The highest BCUT2D eigenvalue weighted by Crippen LogP contribution is 2.10. The first-order valence-electron chi connectivity index (χ1n) is 3.69. The molecule has 0 aliphatic heterocycles. The number of aromatic nitrogens is 1. The van der Waals surface area contributed by atoms with Gasteiger partial charge in [-0.05, 0) is 12.1 Å². The summed E-state index contributed by atoms with van der Waals surface area (Å²) in [7, 11) is 1.32. The Bertz CT molecular complexity index is 334. The molecule has 0 atom stereocenters. The Morgan fingerprint density at radius 1 is 1.69 bits per heavy atom. The lowest BCUT2D eigenvalue weighted by atomic mass is 10.2. The van der Waals surface area contributed by atoms with E-state index >= 15 is 0 Å². The Morgan fingerprint density at radius 3 is 3.08 bits per heavy atom. The van der Waals surface area contributed by atoms with E-state index in [1.54, 1.807) is 24.5 Å². The number of carbonyl (C=O) groups excluding carboxylic acids is 1. The molecular weight excluding hydrogens is 168 g/mol. The van der Waals surface area contributed by atoms with Crippen LogP contribution in [0.15, 0.2) is 24.5 Å². The number of methoxy groups -OCH3 is 1. The highest BCUT2D eigenvalue weighted by atomic mass is 16.5. The quantitative estimate of drug-likeness (QED) is 0.538. The van der Waals surface area contributed by atoms with Gasteiger partial charge in [-0.25, -0.2) is 4.79 Å². The summed E-state index contributed by atoms with van der Waals surface area (Å²) in [5.41, 5.74) is 6.89. The number of nitrogens with two attached hydrogens (primary N) is 1. The zero-order valence-electron chi connectivity index (χ0n) is 7.23. The molecule has 1 aromatic heterocycles. The number of hydrogen-bond acceptors (Lipinski definition) is 4. The van der Waals surface area contributed by atoms with Crippen molar-refractivity contribution in [3.63, 3.8) is 0 Å². The van der Waals surface area contributed by atoms with Gasteiger partial charge in [0.15, 0.2) is 0 Å². The molecule has 0 aliphatic carbocycles. The molecule has 2 N–H and O–H groups in total. The van der Waals surface area contributed by atoms with Gasteiger partial charge in [0, 0.05) is 29.7 Å². The highest BCUT2D eigenvalue weighted by Gasteiger charge is 1.95. The van der Waals surface area contributed by atoms with Gasteiger partial charge in [-0.1, -0.05) is 0 Å². The third-order valence-electron chi connectivity index (χ3n) is 1.49. The summed E-state index contributed by atoms with van der Waals surface area (Å²) in [5, 5.41) is 0. The molecule has 0 fully saturated rings. The third-order valence-corrected chi connectivity index (χ3v) is 1.49. The van der Waals surface area contributed by atoms with E-state index in [1.807, 2.05) is 0 Å². The van der Waals surface area contributed by atoms with E-state index in [9.17, 15) is 4.79 Å². The Kier molecular flexibility index (Phi) is 3.03. The summed E-state index contributed by atoms with van der Waals surface area (Å²) in [6.45, 7) is 0. The van der Waals surface area contributed by atoms with Crippen molar-refractivity contribution in [2.24, 2.45) is 0 Å². The Labute approximate surface area is 76.0 Å². The molecule has 1 heterocycles. The van der Waals surface area contributed by atoms with Gasteiger partial charge in [0.05, 0.1) is 7.11 Å². The van der Waals surface area contributed by atoms with Gasteiger partial charge in [-0.3, -0.25) is 4.98 Å². The largest absolute Gasteiger partial charge is 0.466 e. The Balaban J connectivity index is 2.80. The highest BCUT2D eigenvalue weighted by molar-refractivity contribution is 5.87. The molecule has 0 spiro atoms. The normalized spacial score (nSPS) is 10.2. The molecule has 13 heavy (non-hydrogen) atoms. The second-order valence-electron chi connectivity index (χ2n) is 2.36. The lowest BCUT2D eigenvalue weighted by molar-refractivity contribution is -0.134. The first kappa shape index (κ1) is 9.25. The fourth-order valence-corrected chi connectivity index (χ4v) is 0.783. The summed E-state index contributed by atoms with van der Waals surface area (Å²) < 4.78 is 4.42. The number of hydrogen-bond donors (Lipinski definition) is 1. The number of anilines is 1. The number of carbonyl (C=O) groups is 1. The molecule has 0 unspecified atom stereocenters. The van der Waals surface area contributed by atoms with Gasteiger partial charge in [0.2, 0.25) is 0 Å². The van der Waals surface area contributed by atoms with Crippen molar-refractivity contribution >= 4 is 17.7 Å². The van der Waals surface area contributed by atoms with Gasteiger partial charge in [0.25, 0.3) is 0 Å². The maximum Gasteiger partial charge on any atom is 0.330 e. The minimum absolute atomic E-state index is 0.414. The first-order valence-corrected chi connectivity index (χ1v) is 3.69. The standard InChI is InChI=1S/C9H10N2O2/c1-13-9(12)3-2-7-6-11-5-4-8(7)10/h2-6H,1H3,(H2,10,11)/b3-2+. The maximum absolute atomic E-state index is 10.7. The molecule has 68 valence electrons. The third kappa shape index (κ3) is 2.59. The van der Waals surface area contributed by atoms with E-state index in [0.29, 0.717) is 11.3 Å². The van der Waals surface area contributed by atoms with Crippen LogP contribution in [0.4, 0.5) is 5.69 Å². The Hall–Kier alpha value is -1.84. The summed E-state index contributed by atoms with van der Waals surface area (Å²) in [5.74, 6) is -0.414. The molecule has 0 aliphatic rings. The van der Waals surface area contributed by atoms with Crippen molar-refractivity contribution in [1.82, 2.24) is 4.98 Å². The minimum Gasteiger partial charge on any atom is -0.466 e.